The molecule has 44 heavy (non-hydrogen) atoms. The zero-order valence-corrected chi connectivity index (χ0v) is 24.1. The summed E-state index contributed by atoms with van der Waals surface area (Å²) in [6, 6.07) is 61.5. The molecule has 8 aromatic carbocycles. The number of benzene rings is 8. The maximum absolute atomic E-state index is 2.37. The van der Waals surface area contributed by atoms with E-state index in [1.165, 1.54) is 54.1 Å². The number of nitrogens with zero attached hydrogens (tertiary/aromatic N) is 2. The number of fused-ring (bicyclic) bond motifs is 8. The van der Waals surface area contributed by atoms with Crippen LogP contribution in [0, 0.1) is 0 Å². The van der Waals surface area contributed by atoms with Gasteiger partial charge in [0.2, 0.25) is 0 Å². The molecule has 0 atom stereocenters. The SMILES string of the molecule is c1ccc(N(c2ccc(-n3c4ccccc4c4ccccc43)cc2)c2ccc3c(ccc4ccc5ccccc5c43)c2)cc1. The summed E-state index contributed by atoms with van der Waals surface area (Å²) in [5, 5.41) is 10.2. The van der Waals surface area contributed by atoms with Crippen molar-refractivity contribution in [1.29, 1.82) is 0 Å². The highest BCUT2D eigenvalue weighted by Gasteiger charge is 2.16. The molecule has 2 nitrogen and oxygen atoms in total. The molecule has 0 radical (unpaired) electrons. The molecular weight excluding hydrogens is 532 g/mol. The highest BCUT2D eigenvalue weighted by Crippen LogP contribution is 2.40. The van der Waals surface area contributed by atoms with Crippen molar-refractivity contribution < 1.29 is 0 Å². The molecule has 9 aromatic rings. The van der Waals surface area contributed by atoms with Gasteiger partial charge in [0.05, 0.1) is 11.0 Å². The van der Waals surface area contributed by atoms with E-state index in [1.54, 1.807) is 0 Å². The van der Waals surface area contributed by atoms with Gasteiger partial charge in [-0.25, -0.2) is 0 Å². The second-order valence-corrected chi connectivity index (χ2v) is 11.4. The Balaban J connectivity index is 1.20. The summed E-state index contributed by atoms with van der Waals surface area (Å²) in [5.41, 5.74) is 6.96. The number of rotatable bonds is 4. The molecule has 0 aliphatic rings. The fraction of sp³-hybridized carbons (Fsp3) is 0. The molecule has 2 heteroatoms. The van der Waals surface area contributed by atoms with Gasteiger partial charge < -0.3 is 9.47 Å². The molecular formula is C42H28N2. The van der Waals surface area contributed by atoms with Crippen LogP contribution in [-0.4, -0.2) is 4.57 Å². The summed E-state index contributed by atoms with van der Waals surface area (Å²) in [6.45, 7) is 0. The minimum Gasteiger partial charge on any atom is -0.310 e. The topological polar surface area (TPSA) is 8.17 Å². The number of para-hydroxylation sites is 3. The number of hydrogen-bond acceptors (Lipinski definition) is 1. The van der Waals surface area contributed by atoms with E-state index in [0.717, 1.165) is 22.7 Å². The summed E-state index contributed by atoms with van der Waals surface area (Å²) >= 11 is 0. The predicted molar refractivity (Wildman–Crippen MR) is 188 cm³/mol. The van der Waals surface area contributed by atoms with Crippen molar-refractivity contribution in [2.24, 2.45) is 0 Å². The monoisotopic (exact) mass is 560 g/mol. The van der Waals surface area contributed by atoms with Crippen molar-refractivity contribution in [1.82, 2.24) is 4.57 Å². The highest BCUT2D eigenvalue weighted by atomic mass is 15.1. The van der Waals surface area contributed by atoms with Gasteiger partial charge in [-0.05, 0) is 93.0 Å². The van der Waals surface area contributed by atoms with E-state index in [1.807, 2.05) is 0 Å². The van der Waals surface area contributed by atoms with Crippen LogP contribution in [0.4, 0.5) is 17.1 Å². The van der Waals surface area contributed by atoms with Crippen molar-refractivity contribution in [3.63, 3.8) is 0 Å². The molecule has 0 fully saturated rings. The standard InChI is InChI=1S/C42H28N2/c1-2-11-32(12-3-1)43(35-26-27-37-31(28-35)21-20-30-19-18-29-10-4-5-13-36(29)42(30)37)33-22-24-34(25-23-33)44-40-16-8-6-14-38(40)39-15-7-9-17-41(39)44/h1-28H. The van der Waals surface area contributed by atoms with E-state index in [4.69, 9.17) is 0 Å². The normalized spacial score (nSPS) is 11.6. The van der Waals surface area contributed by atoms with Gasteiger partial charge in [0.1, 0.15) is 0 Å². The molecule has 0 saturated carbocycles. The minimum absolute atomic E-state index is 1.12. The molecule has 0 aliphatic carbocycles. The Labute approximate surface area is 255 Å². The summed E-state index contributed by atoms with van der Waals surface area (Å²) in [4.78, 5) is 2.35. The van der Waals surface area contributed by atoms with E-state index in [0.29, 0.717) is 0 Å². The predicted octanol–water partition coefficient (Wildman–Crippen LogP) is 11.7. The average Bonchev–Trinajstić information content (AvgIpc) is 3.43. The van der Waals surface area contributed by atoms with Gasteiger partial charge in [0, 0.05) is 33.5 Å². The second-order valence-electron chi connectivity index (χ2n) is 11.4. The molecule has 9 rings (SSSR count). The van der Waals surface area contributed by atoms with Crippen molar-refractivity contribution in [2.75, 3.05) is 4.90 Å². The minimum atomic E-state index is 1.12. The molecule has 206 valence electrons. The maximum atomic E-state index is 2.37. The third kappa shape index (κ3) is 3.82. The van der Waals surface area contributed by atoms with E-state index in [2.05, 4.69) is 179 Å². The van der Waals surface area contributed by atoms with Crippen LogP contribution in [0.3, 0.4) is 0 Å². The summed E-state index contributed by atoms with van der Waals surface area (Å²) in [5.74, 6) is 0. The lowest BCUT2D eigenvalue weighted by molar-refractivity contribution is 1.17. The van der Waals surface area contributed by atoms with Crippen molar-refractivity contribution >= 4 is 71.2 Å². The van der Waals surface area contributed by atoms with Gasteiger partial charge in [-0.1, -0.05) is 109 Å². The van der Waals surface area contributed by atoms with Crippen molar-refractivity contribution in [2.45, 2.75) is 0 Å². The molecule has 0 N–H and O–H groups in total. The Morgan fingerprint density at radius 2 is 0.864 bits per heavy atom. The van der Waals surface area contributed by atoms with Crippen LogP contribution in [0.2, 0.25) is 0 Å². The highest BCUT2D eigenvalue weighted by molar-refractivity contribution is 6.20. The van der Waals surface area contributed by atoms with Crippen LogP contribution in [0.25, 0.3) is 59.8 Å². The lowest BCUT2D eigenvalue weighted by atomic mass is 9.96. The molecule has 0 aliphatic heterocycles. The molecule has 0 bridgehead atoms. The van der Waals surface area contributed by atoms with Crippen LogP contribution >= 0.6 is 0 Å². The Morgan fingerprint density at radius 3 is 1.59 bits per heavy atom. The fourth-order valence-corrected chi connectivity index (χ4v) is 6.94. The van der Waals surface area contributed by atoms with Crippen LogP contribution in [0.5, 0.6) is 0 Å². The molecule has 0 unspecified atom stereocenters. The van der Waals surface area contributed by atoms with Crippen LogP contribution < -0.4 is 4.90 Å². The summed E-state index contributed by atoms with van der Waals surface area (Å²) in [6.07, 6.45) is 0. The first-order chi connectivity index (χ1) is 21.8. The summed E-state index contributed by atoms with van der Waals surface area (Å²) < 4.78 is 2.37. The average molecular weight is 561 g/mol. The van der Waals surface area contributed by atoms with Gasteiger partial charge in [-0.15, -0.1) is 0 Å². The third-order valence-electron chi connectivity index (χ3n) is 8.93. The Kier molecular flexibility index (Phi) is 5.54. The first-order valence-corrected chi connectivity index (χ1v) is 15.1. The van der Waals surface area contributed by atoms with E-state index in [-0.39, 0.29) is 0 Å². The van der Waals surface area contributed by atoms with E-state index >= 15 is 0 Å². The van der Waals surface area contributed by atoms with Gasteiger partial charge in [-0.2, -0.15) is 0 Å². The van der Waals surface area contributed by atoms with Crippen molar-refractivity contribution in [3.8, 4) is 5.69 Å². The van der Waals surface area contributed by atoms with E-state index in [9.17, 15) is 0 Å². The van der Waals surface area contributed by atoms with Crippen LogP contribution in [0.1, 0.15) is 0 Å². The van der Waals surface area contributed by atoms with Gasteiger partial charge in [0.15, 0.2) is 0 Å². The van der Waals surface area contributed by atoms with Crippen LogP contribution in [0.15, 0.2) is 170 Å². The Bertz CT molecular complexity index is 2430. The smallest absolute Gasteiger partial charge is 0.0541 e. The van der Waals surface area contributed by atoms with Gasteiger partial charge in [-0.3, -0.25) is 0 Å². The third-order valence-corrected chi connectivity index (χ3v) is 8.93. The zero-order valence-electron chi connectivity index (χ0n) is 24.1. The van der Waals surface area contributed by atoms with Gasteiger partial charge >= 0.3 is 0 Å². The number of aromatic nitrogens is 1. The number of hydrogen-bond donors (Lipinski definition) is 0. The fourth-order valence-electron chi connectivity index (χ4n) is 6.94. The maximum Gasteiger partial charge on any atom is 0.0541 e. The molecule has 0 amide bonds. The Morgan fingerprint density at radius 1 is 0.341 bits per heavy atom. The van der Waals surface area contributed by atoms with Gasteiger partial charge in [0.25, 0.3) is 0 Å². The van der Waals surface area contributed by atoms with Crippen molar-refractivity contribution in [3.05, 3.63) is 170 Å². The zero-order chi connectivity index (χ0) is 29.0. The molecule has 1 heterocycles. The molecule has 1 aromatic heterocycles. The number of anilines is 3. The van der Waals surface area contributed by atoms with E-state index < -0.39 is 0 Å². The molecule has 0 spiro atoms. The summed E-state index contributed by atoms with van der Waals surface area (Å²) in [7, 11) is 0. The lowest BCUT2D eigenvalue weighted by Gasteiger charge is -2.26. The second kappa shape index (κ2) is 9.86. The van der Waals surface area contributed by atoms with Crippen LogP contribution in [-0.2, 0) is 0 Å². The molecule has 0 saturated heterocycles. The largest absolute Gasteiger partial charge is 0.310 e. The first kappa shape index (κ1) is 24.7. The first-order valence-electron chi connectivity index (χ1n) is 15.1. The lowest BCUT2D eigenvalue weighted by Crippen LogP contribution is -2.10. The Hall–Kier alpha value is -5.86. The quantitative estimate of drug-likeness (QED) is 0.194.